The van der Waals surface area contributed by atoms with E-state index in [1.807, 2.05) is 36.1 Å². The van der Waals surface area contributed by atoms with Crippen LogP contribution < -0.4 is 10.2 Å². The lowest BCUT2D eigenvalue weighted by Crippen LogP contribution is -2.55. The van der Waals surface area contributed by atoms with Gasteiger partial charge in [-0.15, -0.1) is 0 Å². The third-order valence-corrected chi connectivity index (χ3v) is 5.43. The second-order valence-corrected chi connectivity index (χ2v) is 6.52. The third-order valence-electron chi connectivity index (χ3n) is 5.43. The van der Waals surface area contributed by atoms with E-state index in [1.54, 1.807) is 0 Å². The van der Waals surface area contributed by atoms with Gasteiger partial charge in [0, 0.05) is 35.2 Å². The van der Waals surface area contributed by atoms with Gasteiger partial charge >= 0.3 is 0 Å². The molecule has 0 bridgehead atoms. The van der Waals surface area contributed by atoms with Crippen LogP contribution in [0.5, 0.6) is 0 Å². The molecule has 1 aromatic heterocycles. The van der Waals surface area contributed by atoms with Crippen LogP contribution in [0.1, 0.15) is 23.7 Å². The number of likely N-dealkylation sites (N-methyl/N-ethyl adjacent to an activating group) is 1. The first-order valence-electron chi connectivity index (χ1n) is 8.54. The Hall–Kier alpha value is -2.59. The number of nitrogens with zero attached hydrogens (tertiary/aromatic N) is 1. The summed E-state index contributed by atoms with van der Waals surface area (Å²) in [7, 11) is 0. The van der Waals surface area contributed by atoms with Crippen LogP contribution >= 0.6 is 0 Å². The number of amides is 1. The SMILES string of the molecule is CCN1C(=O)[C@]2(NCCc3c2[nH]c2ccccc32)c2ccccc21. The molecule has 2 N–H and O–H groups in total. The second-order valence-electron chi connectivity index (χ2n) is 6.52. The largest absolute Gasteiger partial charge is 0.356 e. The number of hydrogen-bond donors (Lipinski definition) is 2. The summed E-state index contributed by atoms with van der Waals surface area (Å²) in [5, 5.41) is 4.79. The number of carbonyl (C=O) groups excluding carboxylic acids is 1. The normalized spacial score (nSPS) is 22.2. The summed E-state index contributed by atoms with van der Waals surface area (Å²) in [4.78, 5) is 18.9. The molecule has 1 spiro atoms. The summed E-state index contributed by atoms with van der Waals surface area (Å²) in [5.41, 5.74) is 4.69. The first kappa shape index (κ1) is 13.8. The Morgan fingerprint density at radius 1 is 1.12 bits per heavy atom. The van der Waals surface area contributed by atoms with Gasteiger partial charge in [0.2, 0.25) is 0 Å². The number of benzene rings is 2. The van der Waals surface area contributed by atoms with Gasteiger partial charge in [-0.3, -0.25) is 10.1 Å². The Labute approximate surface area is 140 Å². The van der Waals surface area contributed by atoms with E-state index < -0.39 is 5.54 Å². The minimum absolute atomic E-state index is 0.124. The molecule has 0 radical (unpaired) electrons. The van der Waals surface area contributed by atoms with Crippen molar-refractivity contribution in [2.24, 2.45) is 0 Å². The number of H-pyrrole nitrogens is 1. The molecule has 0 aliphatic carbocycles. The zero-order chi connectivity index (χ0) is 16.3. The predicted molar refractivity (Wildman–Crippen MR) is 95.3 cm³/mol. The molecule has 0 fully saturated rings. The van der Waals surface area contributed by atoms with Gasteiger partial charge in [-0.1, -0.05) is 36.4 Å². The number of nitrogens with one attached hydrogen (secondary N) is 2. The smallest absolute Gasteiger partial charge is 0.258 e. The molecule has 4 nitrogen and oxygen atoms in total. The van der Waals surface area contributed by atoms with Crippen LogP contribution in [0.2, 0.25) is 0 Å². The molecule has 3 aromatic rings. The number of rotatable bonds is 1. The Kier molecular flexibility index (Phi) is 2.71. The van der Waals surface area contributed by atoms with Gasteiger partial charge in [-0.05, 0) is 31.0 Å². The standard InChI is InChI=1S/C20H19N3O/c1-2-23-17-10-6-4-8-15(17)20(19(23)24)18-14(11-12-21-20)13-7-3-5-9-16(13)22-18/h3-10,21-22H,2,11-12H2,1H3/t20-/m0/s1. The van der Waals surface area contributed by atoms with Crippen LogP contribution in [0.25, 0.3) is 10.9 Å². The fourth-order valence-electron chi connectivity index (χ4n) is 4.42. The van der Waals surface area contributed by atoms with E-state index in [2.05, 4.69) is 34.6 Å². The number of aromatic nitrogens is 1. The minimum Gasteiger partial charge on any atom is -0.356 e. The molecule has 1 atom stereocenters. The zero-order valence-electron chi connectivity index (χ0n) is 13.6. The highest BCUT2D eigenvalue weighted by Crippen LogP contribution is 2.47. The molecule has 0 saturated heterocycles. The van der Waals surface area contributed by atoms with E-state index in [1.165, 1.54) is 10.9 Å². The van der Waals surface area contributed by atoms with Crippen molar-refractivity contribution in [3.8, 4) is 0 Å². The number of fused-ring (bicyclic) bond motifs is 6. The minimum atomic E-state index is -0.779. The van der Waals surface area contributed by atoms with Crippen molar-refractivity contribution in [3.05, 3.63) is 65.4 Å². The van der Waals surface area contributed by atoms with Crippen molar-refractivity contribution in [2.75, 3.05) is 18.0 Å². The first-order valence-corrected chi connectivity index (χ1v) is 8.54. The summed E-state index contributed by atoms with van der Waals surface area (Å²) in [6.07, 6.45) is 0.933. The second kappa shape index (κ2) is 4.71. The van der Waals surface area contributed by atoms with Gasteiger partial charge in [0.1, 0.15) is 0 Å². The van der Waals surface area contributed by atoms with Crippen LogP contribution in [-0.4, -0.2) is 24.0 Å². The van der Waals surface area contributed by atoms with Crippen molar-refractivity contribution in [1.82, 2.24) is 10.3 Å². The maximum absolute atomic E-state index is 13.5. The fraction of sp³-hybridized carbons (Fsp3) is 0.250. The average Bonchev–Trinajstić information content (AvgIpc) is 3.11. The average molecular weight is 317 g/mol. The topological polar surface area (TPSA) is 48.1 Å². The van der Waals surface area contributed by atoms with Gasteiger partial charge < -0.3 is 9.88 Å². The lowest BCUT2D eigenvalue weighted by molar-refractivity contribution is -0.123. The number of hydrogen-bond acceptors (Lipinski definition) is 2. The summed E-state index contributed by atoms with van der Waals surface area (Å²) in [6, 6.07) is 16.5. The molecule has 2 aliphatic heterocycles. The van der Waals surface area contributed by atoms with Crippen LogP contribution in [0.15, 0.2) is 48.5 Å². The van der Waals surface area contributed by atoms with Crippen molar-refractivity contribution < 1.29 is 4.79 Å². The fourth-order valence-corrected chi connectivity index (χ4v) is 4.42. The number of para-hydroxylation sites is 2. The molecular formula is C20H19N3O. The monoisotopic (exact) mass is 317 g/mol. The molecule has 0 unspecified atom stereocenters. The molecule has 3 heterocycles. The Bertz CT molecular complexity index is 974. The summed E-state index contributed by atoms with van der Waals surface area (Å²) in [5.74, 6) is 0.124. The van der Waals surface area contributed by atoms with Gasteiger partial charge in [0.15, 0.2) is 5.54 Å². The molecule has 2 aromatic carbocycles. The Morgan fingerprint density at radius 3 is 2.79 bits per heavy atom. The lowest BCUT2D eigenvalue weighted by atomic mass is 9.82. The van der Waals surface area contributed by atoms with Crippen molar-refractivity contribution >= 4 is 22.5 Å². The van der Waals surface area contributed by atoms with Crippen LogP contribution in [0.3, 0.4) is 0 Å². The van der Waals surface area contributed by atoms with Crippen molar-refractivity contribution in [2.45, 2.75) is 18.9 Å². The zero-order valence-corrected chi connectivity index (χ0v) is 13.6. The van der Waals surface area contributed by atoms with E-state index in [9.17, 15) is 4.79 Å². The van der Waals surface area contributed by atoms with E-state index in [0.717, 1.165) is 35.4 Å². The van der Waals surface area contributed by atoms with Crippen molar-refractivity contribution in [1.29, 1.82) is 0 Å². The van der Waals surface area contributed by atoms with Crippen LogP contribution in [0, 0.1) is 0 Å². The third kappa shape index (κ3) is 1.49. The van der Waals surface area contributed by atoms with Crippen LogP contribution in [0.4, 0.5) is 5.69 Å². The van der Waals surface area contributed by atoms with Gasteiger partial charge in [0.25, 0.3) is 5.91 Å². The molecule has 24 heavy (non-hydrogen) atoms. The molecule has 1 amide bonds. The Morgan fingerprint density at radius 2 is 1.92 bits per heavy atom. The maximum Gasteiger partial charge on any atom is 0.258 e. The lowest BCUT2D eigenvalue weighted by Gasteiger charge is -2.34. The number of anilines is 1. The summed E-state index contributed by atoms with van der Waals surface area (Å²) in [6.45, 7) is 3.50. The predicted octanol–water partition coefficient (Wildman–Crippen LogP) is 2.92. The van der Waals surface area contributed by atoms with Gasteiger partial charge in [0.05, 0.1) is 5.69 Å². The first-order chi connectivity index (χ1) is 11.8. The molecule has 120 valence electrons. The molecule has 5 rings (SSSR count). The van der Waals surface area contributed by atoms with E-state index in [0.29, 0.717) is 6.54 Å². The van der Waals surface area contributed by atoms with Crippen molar-refractivity contribution in [3.63, 3.8) is 0 Å². The molecular weight excluding hydrogens is 298 g/mol. The summed E-state index contributed by atoms with van der Waals surface area (Å²) < 4.78 is 0. The molecule has 0 saturated carbocycles. The highest BCUT2D eigenvalue weighted by atomic mass is 16.2. The molecule has 2 aliphatic rings. The number of aromatic amines is 1. The van der Waals surface area contributed by atoms with Crippen LogP contribution in [-0.2, 0) is 16.8 Å². The highest BCUT2D eigenvalue weighted by Gasteiger charge is 2.54. The van der Waals surface area contributed by atoms with E-state index in [-0.39, 0.29) is 5.91 Å². The van der Waals surface area contributed by atoms with E-state index >= 15 is 0 Å². The van der Waals surface area contributed by atoms with Gasteiger partial charge in [-0.25, -0.2) is 0 Å². The Balaban J connectivity index is 1.86. The number of carbonyl (C=O) groups is 1. The van der Waals surface area contributed by atoms with Gasteiger partial charge in [-0.2, -0.15) is 0 Å². The highest BCUT2D eigenvalue weighted by molar-refractivity contribution is 6.11. The summed E-state index contributed by atoms with van der Waals surface area (Å²) >= 11 is 0. The van der Waals surface area contributed by atoms with E-state index in [4.69, 9.17) is 0 Å². The molecule has 4 heteroatoms. The maximum atomic E-state index is 13.5. The quantitative estimate of drug-likeness (QED) is 0.725.